The summed E-state index contributed by atoms with van der Waals surface area (Å²) in [6, 6.07) is 13.2. The summed E-state index contributed by atoms with van der Waals surface area (Å²) < 4.78 is 47.3. The number of likely N-dealkylation sites (N-methyl/N-ethyl adjacent to an activating group) is 1. The Balaban J connectivity index is 1.36. The summed E-state index contributed by atoms with van der Waals surface area (Å²) in [5.41, 5.74) is 4.93. The third kappa shape index (κ3) is 7.26. The van der Waals surface area contributed by atoms with Gasteiger partial charge < -0.3 is 9.42 Å². The molecule has 3 heterocycles. The summed E-state index contributed by atoms with van der Waals surface area (Å²) in [6.45, 7) is 4.45. The van der Waals surface area contributed by atoms with Gasteiger partial charge >= 0.3 is 6.18 Å². The van der Waals surface area contributed by atoms with Crippen molar-refractivity contribution in [2.45, 2.75) is 39.3 Å². The Morgan fingerprint density at radius 1 is 0.909 bits per heavy atom. The van der Waals surface area contributed by atoms with Gasteiger partial charge in [-0.15, -0.1) is 0 Å². The molecule has 0 saturated carbocycles. The fourth-order valence-corrected chi connectivity index (χ4v) is 4.97. The third-order valence-electron chi connectivity index (χ3n) is 7.41. The van der Waals surface area contributed by atoms with Crippen molar-refractivity contribution in [2.75, 3.05) is 20.6 Å². The molecule has 0 fully saturated rings. The minimum absolute atomic E-state index is 0.159. The van der Waals surface area contributed by atoms with Crippen molar-refractivity contribution in [3.05, 3.63) is 118 Å². The van der Waals surface area contributed by atoms with Crippen LogP contribution in [-0.2, 0) is 25.4 Å². The number of benzene rings is 2. The molecular weight excluding hydrogens is 567 g/mol. The molecule has 2 aromatic carbocycles. The standard InChI is InChI=1S/C34H32F3N5O2/c1-21-5-6-24(15-31(43)28-8-7-23(10-12-42(3)4)14-29(28)34(35,36)37)13-25(21)17-32-39-11-9-30(41-32)26-16-27(20-38-19-26)33-22(2)18-40-44-33/h5-9,11,13-14,16,18-20H,10,12,15,17H2,1-4H3. The zero-order valence-corrected chi connectivity index (χ0v) is 24.9. The maximum Gasteiger partial charge on any atom is 0.417 e. The van der Waals surface area contributed by atoms with Crippen LogP contribution in [0.25, 0.3) is 22.6 Å². The number of carbonyl (C=O) groups excluding carboxylic acids is 1. The molecule has 226 valence electrons. The van der Waals surface area contributed by atoms with Crippen LogP contribution in [0.1, 0.15) is 49.6 Å². The molecule has 0 aliphatic heterocycles. The number of rotatable bonds is 10. The van der Waals surface area contributed by atoms with E-state index in [-0.39, 0.29) is 12.0 Å². The van der Waals surface area contributed by atoms with Gasteiger partial charge in [-0.3, -0.25) is 9.78 Å². The lowest BCUT2D eigenvalue weighted by atomic mass is 9.93. The predicted molar refractivity (Wildman–Crippen MR) is 161 cm³/mol. The quantitative estimate of drug-likeness (QED) is 0.161. The molecule has 44 heavy (non-hydrogen) atoms. The Bertz CT molecular complexity index is 1800. The maximum absolute atomic E-state index is 14.0. The molecule has 0 aliphatic carbocycles. The van der Waals surface area contributed by atoms with Crippen molar-refractivity contribution in [2.24, 2.45) is 0 Å². The highest BCUT2D eigenvalue weighted by molar-refractivity contribution is 5.99. The highest BCUT2D eigenvalue weighted by Crippen LogP contribution is 2.34. The molecule has 0 radical (unpaired) electrons. The minimum atomic E-state index is -4.64. The second kappa shape index (κ2) is 12.9. The van der Waals surface area contributed by atoms with Gasteiger partial charge in [0.2, 0.25) is 0 Å². The molecule has 0 aliphatic rings. The van der Waals surface area contributed by atoms with Crippen LogP contribution >= 0.6 is 0 Å². The number of ketones is 1. The fraction of sp³-hybridized carbons (Fsp3) is 0.265. The van der Waals surface area contributed by atoms with Gasteiger partial charge in [0.05, 0.1) is 17.5 Å². The second-order valence-corrected chi connectivity index (χ2v) is 11.1. The molecule has 5 aromatic rings. The molecule has 5 rings (SSSR count). The van der Waals surface area contributed by atoms with Crippen LogP contribution in [-0.4, -0.2) is 51.4 Å². The first-order valence-electron chi connectivity index (χ1n) is 14.1. The van der Waals surface area contributed by atoms with Crippen LogP contribution < -0.4 is 0 Å². The number of alkyl halides is 3. The normalized spacial score (nSPS) is 11.7. The number of aryl methyl sites for hydroxylation is 2. The van der Waals surface area contributed by atoms with Crippen LogP contribution in [0.3, 0.4) is 0 Å². The van der Waals surface area contributed by atoms with Crippen LogP contribution in [0.5, 0.6) is 0 Å². The zero-order valence-electron chi connectivity index (χ0n) is 24.9. The van der Waals surface area contributed by atoms with Crippen molar-refractivity contribution in [3.8, 4) is 22.6 Å². The Morgan fingerprint density at radius 3 is 2.41 bits per heavy atom. The average Bonchev–Trinajstić information content (AvgIpc) is 3.43. The maximum atomic E-state index is 14.0. The first kappa shape index (κ1) is 30.7. The molecule has 0 spiro atoms. The number of hydrogen-bond donors (Lipinski definition) is 0. The third-order valence-corrected chi connectivity index (χ3v) is 7.41. The van der Waals surface area contributed by atoms with E-state index in [4.69, 9.17) is 9.51 Å². The number of Topliss-reactive ketones (excluding diaryl/α,β-unsaturated/α-hetero) is 1. The second-order valence-electron chi connectivity index (χ2n) is 11.1. The van der Waals surface area contributed by atoms with Gasteiger partial charge in [0.15, 0.2) is 11.5 Å². The number of carbonyl (C=O) groups is 1. The van der Waals surface area contributed by atoms with Gasteiger partial charge in [0.1, 0.15) is 5.82 Å². The van der Waals surface area contributed by atoms with Gasteiger partial charge in [0.25, 0.3) is 0 Å². The highest BCUT2D eigenvalue weighted by atomic mass is 19.4. The zero-order chi connectivity index (χ0) is 31.4. The lowest BCUT2D eigenvalue weighted by molar-refractivity contribution is -0.138. The van der Waals surface area contributed by atoms with E-state index in [0.717, 1.165) is 33.9 Å². The van der Waals surface area contributed by atoms with Crippen molar-refractivity contribution in [1.29, 1.82) is 0 Å². The smallest absolute Gasteiger partial charge is 0.356 e. The van der Waals surface area contributed by atoms with Crippen molar-refractivity contribution in [3.63, 3.8) is 0 Å². The molecule has 0 N–H and O–H groups in total. The predicted octanol–water partition coefficient (Wildman–Crippen LogP) is 6.95. The summed E-state index contributed by atoms with van der Waals surface area (Å²) in [5, 5.41) is 3.84. The summed E-state index contributed by atoms with van der Waals surface area (Å²) in [6.07, 6.45) is 2.77. The van der Waals surface area contributed by atoms with E-state index in [9.17, 15) is 18.0 Å². The SMILES string of the molecule is Cc1ccc(CC(=O)c2ccc(CCN(C)C)cc2C(F)(F)F)cc1Cc1nccc(-c2cncc(-c3oncc3C)c2)n1. The topological polar surface area (TPSA) is 85.0 Å². The van der Waals surface area contributed by atoms with E-state index >= 15 is 0 Å². The molecular formula is C34H32F3N5O2. The molecule has 7 nitrogen and oxygen atoms in total. The molecule has 0 amide bonds. The molecule has 0 bridgehead atoms. The monoisotopic (exact) mass is 599 g/mol. The fourth-order valence-electron chi connectivity index (χ4n) is 4.97. The van der Waals surface area contributed by atoms with Crippen molar-refractivity contribution >= 4 is 5.78 Å². The summed E-state index contributed by atoms with van der Waals surface area (Å²) in [4.78, 5) is 28.6. The molecule has 0 atom stereocenters. The van der Waals surface area contributed by atoms with E-state index in [0.29, 0.717) is 47.8 Å². The Morgan fingerprint density at radius 2 is 1.68 bits per heavy atom. The number of nitrogens with zero attached hydrogens (tertiary/aromatic N) is 5. The first-order chi connectivity index (χ1) is 21.0. The summed E-state index contributed by atoms with van der Waals surface area (Å²) >= 11 is 0. The highest BCUT2D eigenvalue weighted by Gasteiger charge is 2.35. The van der Waals surface area contributed by atoms with Crippen LogP contribution in [0.15, 0.2) is 77.8 Å². The summed E-state index contributed by atoms with van der Waals surface area (Å²) in [5.74, 6) is 0.611. The van der Waals surface area contributed by atoms with E-state index in [2.05, 4.69) is 15.1 Å². The van der Waals surface area contributed by atoms with E-state index in [1.807, 2.05) is 51.0 Å². The van der Waals surface area contributed by atoms with Gasteiger partial charge in [0, 0.05) is 60.2 Å². The number of hydrogen-bond acceptors (Lipinski definition) is 7. The first-order valence-corrected chi connectivity index (χ1v) is 14.1. The van der Waals surface area contributed by atoms with E-state index in [1.54, 1.807) is 43.0 Å². The lowest BCUT2D eigenvalue weighted by Crippen LogP contribution is -2.18. The van der Waals surface area contributed by atoms with Crippen LogP contribution in [0, 0.1) is 13.8 Å². The minimum Gasteiger partial charge on any atom is -0.356 e. The van der Waals surface area contributed by atoms with Gasteiger partial charge in [-0.1, -0.05) is 35.5 Å². The molecule has 0 unspecified atom stereocenters. The Kier molecular flexibility index (Phi) is 9.01. The number of aromatic nitrogens is 4. The lowest BCUT2D eigenvalue weighted by Gasteiger charge is -2.16. The molecule has 0 saturated heterocycles. The largest absolute Gasteiger partial charge is 0.417 e. The number of pyridine rings is 1. The number of halogens is 3. The van der Waals surface area contributed by atoms with Gasteiger partial charge in [-0.25, -0.2) is 9.97 Å². The molecule has 10 heteroatoms. The summed E-state index contributed by atoms with van der Waals surface area (Å²) in [7, 11) is 3.72. The Labute approximate surface area is 253 Å². The van der Waals surface area contributed by atoms with E-state index in [1.165, 1.54) is 6.07 Å². The van der Waals surface area contributed by atoms with Gasteiger partial charge in [-0.2, -0.15) is 13.2 Å². The van der Waals surface area contributed by atoms with Crippen molar-refractivity contribution in [1.82, 2.24) is 25.0 Å². The van der Waals surface area contributed by atoms with Crippen LogP contribution in [0.4, 0.5) is 13.2 Å². The molecule has 3 aromatic heterocycles. The van der Waals surface area contributed by atoms with Crippen LogP contribution in [0.2, 0.25) is 0 Å². The average molecular weight is 600 g/mol. The van der Waals surface area contributed by atoms with E-state index < -0.39 is 17.5 Å². The van der Waals surface area contributed by atoms with Gasteiger partial charge in [-0.05, 0) is 74.8 Å². The van der Waals surface area contributed by atoms with Crippen molar-refractivity contribution < 1.29 is 22.5 Å². The Hall–Kier alpha value is -4.70.